The molecule has 4 N–H and O–H groups in total. The van der Waals surface area contributed by atoms with E-state index in [0.717, 1.165) is 0 Å². The van der Waals surface area contributed by atoms with Gasteiger partial charge >= 0.3 is 57.4 Å². The van der Waals surface area contributed by atoms with Crippen LogP contribution in [0, 0.1) is 0 Å². The van der Waals surface area contributed by atoms with E-state index in [1.165, 1.54) is 6.66 Å². The van der Waals surface area contributed by atoms with Crippen molar-refractivity contribution in [1.82, 2.24) is 0 Å². The van der Waals surface area contributed by atoms with Crippen LogP contribution in [0.25, 0.3) is 0 Å². The summed E-state index contributed by atoms with van der Waals surface area (Å²) in [7, 11) is -3.10. The molecule has 0 spiro atoms. The number of nitrogens with two attached hydrogens (primary N) is 1. The topological polar surface area (TPSA) is 101 Å². The maximum atomic E-state index is 10.6. The van der Waals surface area contributed by atoms with Crippen LogP contribution in [0.15, 0.2) is 0 Å². The van der Waals surface area contributed by atoms with Gasteiger partial charge in [-0.1, -0.05) is 0 Å². The van der Waals surface area contributed by atoms with E-state index in [9.17, 15) is 9.36 Å². The van der Waals surface area contributed by atoms with Gasteiger partial charge in [0.05, 0.1) is 0 Å². The van der Waals surface area contributed by atoms with Crippen molar-refractivity contribution in [1.29, 1.82) is 0 Å². The molecular weight excluding hydrogens is 208 g/mol. The third-order valence-corrected chi connectivity index (χ3v) is 2.26. The normalized spacial score (nSPS) is 17.2. The summed E-state index contributed by atoms with van der Waals surface area (Å²) in [6.07, 6.45) is 0.0000772. The Bertz CT molecular complexity index is 197. The number of hydrogen-bond donors (Lipinski definition) is 3. The molecule has 68 valence electrons. The summed E-state index contributed by atoms with van der Waals surface area (Å²) in [4.78, 5) is 18.9. The van der Waals surface area contributed by atoms with Gasteiger partial charge in [-0.15, -0.1) is 0 Å². The Kier molecular flexibility index (Phi) is 8.74. The summed E-state index contributed by atoms with van der Waals surface area (Å²) in [5.41, 5.74) is 5.09. The molecule has 2 unspecified atom stereocenters. The van der Waals surface area contributed by atoms with Crippen LogP contribution in [0.4, 0.5) is 0 Å². The second-order valence-corrected chi connectivity index (χ2v) is 5.06. The number of carboxylic acids is 1. The molecule has 0 heterocycles. The molecule has 12 heavy (non-hydrogen) atoms. The van der Waals surface area contributed by atoms with E-state index < -0.39 is 19.4 Å². The smallest absolute Gasteiger partial charge is 1.00 e. The van der Waals surface area contributed by atoms with Gasteiger partial charge in [0.2, 0.25) is 0 Å². The van der Waals surface area contributed by atoms with Crippen LogP contribution in [-0.2, 0) is 9.36 Å². The van der Waals surface area contributed by atoms with E-state index in [-0.39, 0.29) is 65.4 Å². The van der Waals surface area contributed by atoms with Gasteiger partial charge in [-0.2, -0.15) is 0 Å². The number of carboxylic acid groups (broad SMARTS) is 1. The van der Waals surface area contributed by atoms with Crippen molar-refractivity contribution < 1.29 is 72.2 Å². The average Bonchev–Trinajstić information content (AvgIpc) is 1.80. The first kappa shape index (κ1) is 15.7. The predicted octanol–water partition coefficient (Wildman–Crippen LogP) is -3.19. The van der Waals surface area contributed by atoms with Gasteiger partial charge in [0.25, 0.3) is 0 Å². The summed E-state index contributed by atoms with van der Waals surface area (Å²) >= 11 is 0. The number of carbonyl (C=O) groups is 1. The Morgan fingerprint density at radius 2 is 2.17 bits per heavy atom. The fourth-order valence-electron chi connectivity index (χ4n) is 0.502. The Labute approximate surface area is 115 Å². The first-order chi connectivity index (χ1) is 4.83. The minimum atomic E-state index is -3.10. The number of hydrogen-bond acceptors (Lipinski definition) is 3. The number of aliphatic carboxylic acids is 1. The van der Waals surface area contributed by atoms with Crippen LogP contribution in [0.3, 0.4) is 0 Å². The largest absolute Gasteiger partial charge is 1.00 e. The minimum Gasteiger partial charge on any atom is -1.00 e. The van der Waals surface area contributed by atoms with Crippen molar-refractivity contribution in [3.63, 3.8) is 0 Å². The van der Waals surface area contributed by atoms with Crippen LogP contribution >= 0.6 is 7.37 Å². The zero-order valence-corrected chi connectivity index (χ0v) is 11.2. The first-order valence-electron chi connectivity index (χ1n) is 3.10. The molecule has 0 aliphatic heterocycles. The Hall–Kier alpha value is 1.26. The van der Waals surface area contributed by atoms with E-state index >= 15 is 0 Å². The molecule has 0 radical (unpaired) electrons. The molecule has 0 aliphatic carbocycles. The van der Waals surface area contributed by atoms with E-state index in [1.54, 1.807) is 0 Å². The molecule has 0 amide bonds. The predicted molar refractivity (Wildman–Crippen MR) is 42.0 cm³/mol. The van der Waals surface area contributed by atoms with E-state index in [4.69, 9.17) is 15.7 Å². The SMILES string of the molecule is CP(=O)(O)CCC(N)C(=O)O.[H-].[K+]. The number of rotatable bonds is 4. The van der Waals surface area contributed by atoms with Gasteiger partial charge in [-0.05, 0) is 6.42 Å². The molecule has 0 aromatic carbocycles. The van der Waals surface area contributed by atoms with Gasteiger partial charge in [0.1, 0.15) is 6.04 Å². The van der Waals surface area contributed by atoms with Crippen molar-refractivity contribution in [2.24, 2.45) is 5.73 Å². The summed E-state index contributed by atoms with van der Waals surface area (Å²) in [6.45, 7) is 1.18. The third kappa shape index (κ3) is 9.35. The maximum absolute atomic E-state index is 10.6. The Balaban J connectivity index is -0.000000500. The quantitative estimate of drug-likeness (QED) is 0.343. The Morgan fingerprint density at radius 3 is 2.42 bits per heavy atom. The van der Waals surface area contributed by atoms with Crippen molar-refractivity contribution in [3.05, 3.63) is 0 Å². The zero-order valence-electron chi connectivity index (χ0n) is 8.23. The van der Waals surface area contributed by atoms with Crippen molar-refractivity contribution in [3.8, 4) is 0 Å². The molecule has 2 atom stereocenters. The molecule has 0 fully saturated rings. The fourth-order valence-corrected chi connectivity index (χ4v) is 1.26. The molecule has 0 rings (SSSR count). The molecule has 0 saturated carbocycles. The first-order valence-corrected chi connectivity index (χ1v) is 5.40. The van der Waals surface area contributed by atoms with Gasteiger partial charge in [0, 0.05) is 12.8 Å². The van der Waals surface area contributed by atoms with E-state index in [2.05, 4.69) is 0 Å². The van der Waals surface area contributed by atoms with E-state index in [0.29, 0.717) is 0 Å². The molecule has 0 aromatic heterocycles. The van der Waals surface area contributed by atoms with Gasteiger partial charge in [0.15, 0.2) is 7.37 Å². The zero-order chi connectivity index (χ0) is 9.07. The van der Waals surface area contributed by atoms with Gasteiger partial charge in [-0.25, -0.2) is 0 Å². The summed E-state index contributed by atoms with van der Waals surface area (Å²) < 4.78 is 10.6. The van der Waals surface area contributed by atoms with Crippen LogP contribution < -0.4 is 57.1 Å². The molecule has 0 aliphatic rings. The monoisotopic (exact) mass is 221 g/mol. The third-order valence-electron chi connectivity index (χ3n) is 1.17. The van der Waals surface area contributed by atoms with Crippen molar-refractivity contribution >= 4 is 13.3 Å². The second-order valence-electron chi connectivity index (χ2n) is 2.51. The van der Waals surface area contributed by atoms with Crippen LogP contribution in [0.5, 0.6) is 0 Å². The minimum absolute atomic E-state index is 0. The molecule has 5 nitrogen and oxygen atoms in total. The summed E-state index contributed by atoms with van der Waals surface area (Å²) in [5.74, 6) is -1.14. The summed E-state index contributed by atoms with van der Waals surface area (Å²) in [5, 5.41) is 8.28. The van der Waals surface area contributed by atoms with Gasteiger partial charge < -0.3 is 17.2 Å². The average molecular weight is 221 g/mol. The Morgan fingerprint density at radius 1 is 1.75 bits per heavy atom. The molecule has 0 bridgehead atoms. The van der Waals surface area contributed by atoms with Crippen LogP contribution in [0.2, 0.25) is 0 Å². The van der Waals surface area contributed by atoms with Gasteiger partial charge in [-0.3, -0.25) is 9.36 Å². The maximum Gasteiger partial charge on any atom is 1.00 e. The van der Waals surface area contributed by atoms with Crippen LogP contribution in [0.1, 0.15) is 7.85 Å². The summed E-state index contributed by atoms with van der Waals surface area (Å²) in [6, 6.07) is -1.03. The fraction of sp³-hybridized carbons (Fsp3) is 0.800. The second kappa shape index (κ2) is 6.67. The molecule has 0 aromatic rings. The molecule has 7 heteroatoms. The van der Waals surface area contributed by atoms with Crippen molar-refractivity contribution in [2.75, 3.05) is 12.8 Å². The van der Waals surface area contributed by atoms with Crippen molar-refractivity contribution in [2.45, 2.75) is 12.5 Å². The van der Waals surface area contributed by atoms with E-state index in [1.807, 2.05) is 0 Å². The molecule has 0 saturated heterocycles. The van der Waals surface area contributed by atoms with Crippen LogP contribution in [-0.4, -0.2) is 34.8 Å². The molecular formula is C5H13KNO4P. The standard InChI is InChI=1S/C5H12NO4P.K.H/c1-11(9,10)3-2-4(6)5(7)8;;/h4H,2-3,6H2,1H3,(H,7,8)(H,9,10);;/q;+1;-1.